The molecule has 0 radical (unpaired) electrons. The van der Waals surface area contributed by atoms with E-state index in [2.05, 4.69) is 5.32 Å². The number of carbonyl (C=O) groups excluding carboxylic acids is 2. The molecule has 1 N–H and O–H groups in total. The molecule has 0 aliphatic heterocycles. The molecule has 1 unspecified atom stereocenters. The van der Waals surface area contributed by atoms with Gasteiger partial charge in [0.25, 0.3) is 5.91 Å². The molecule has 28 heavy (non-hydrogen) atoms. The predicted molar refractivity (Wildman–Crippen MR) is 112 cm³/mol. The lowest BCUT2D eigenvalue weighted by atomic mass is 10.1. The summed E-state index contributed by atoms with van der Waals surface area (Å²) in [6, 6.07) is 11.2. The summed E-state index contributed by atoms with van der Waals surface area (Å²) in [4.78, 5) is 26.6. The van der Waals surface area contributed by atoms with Crippen LogP contribution in [0, 0.1) is 0 Å². The molecule has 0 spiro atoms. The van der Waals surface area contributed by atoms with Crippen molar-refractivity contribution in [2.24, 2.45) is 0 Å². The first-order valence-electron chi connectivity index (χ1n) is 8.71. The van der Waals surface area contributed by atoms with Gasteiger partial charge in [-0.05, 0) is 49.7 Å². The first-order chi connectivity index (χ1) is 13.3. The van der Waals surface area contributed by atoms with Crippen LogP contribution in [0.3, 0.4) is 0 Å². The van der Waals surface area contributed by atoms with Gasteiger partial charge in [-0.25, -0.2) is 0 Å². The zero-order valence-electron chi connectivity index (χ0n) is 15.5. The number of ether oxygens (including phenoxy) is 1. The lowest BCUT2D eigenvalue weighted by molar-refractivity contribution is -0.142. The molecule has 0 saturated heterocycles. The molecule has 0 heterocycles. The topological polar surface area (TPSA) is 58.6 Å². The van der Waals surface area contributed by atoms with E-state index in [-0.39, 0.29) is 25.0 Å². The van der Waals surface area contributed by atoms with E-state index in [4.69, 9.17) is 39.5 Å². The predicted octanol–water partition coefficient (Wildman–Crippen LogP) is 4.58. The molecule has 0 aliphatic carbocycles. The van der Waals surface area contributed by atoms with Crippen LogP contribution in [0.4, 0.5) is 0 Å². The Balaban J connectivity index is 2.16. The van der Waals surface area contributed by atoms with Gasteiger partial charge in [0.15, 0.2) is 6.61 Å². The number of benzene rings is 2. The minimum Gasteiger partial charge on any atom is -0.482 e. The van der Waals surface area contributed by atoms with E-state index >= 15 is 0 Å². The maximum atomic E-state index is 12.9. The van der Waals surface area contributed by atoms with E-state index in [0.29, 0.717) is 27.4 Å². The van der Waals surface area contributed by atoms with Crippen LogP contribution in [0.5, 0.6) is 5.75 Å². The largest absolute Gasteiger partial charge is 0.482 e. The second-order valence-corrected chi connectivity index (χ2v) is 7.37. The fraction of sp³-hybridized carbons (Fsp3) is 0.300. The summed E-state index contributed by atoms with van der Waals surface area (Å²) in [6.45, 7) is 3.91. The number of hydrogen-bond acceptors (Lipinski definition) is 3. The van der Waals surface area contributed by atoms with Crippen molar-refractivity contribution in [2.45, 2.75) is 26.4 Å². The van der Waals surface area contributed by atoms with Crippen LogP contribution in [0.1, 0.15) is 19.4 Å². The average molecular weight is 444 g/mol. The van der Waals surface area contributed by atoms with Crippen molar-refractivity contribution in [2.75, 3.05) is 13.2 Å². The standard InChI is InChI=1S/C20H21Cl3N2O3/c1-3-24-20(27)13(2)25(11-14-5-4-6-15(21)9-14)19(26)12-28-18-8-7-16(22)10-17(18)23/h4-10,13H,3,11-12H2,1-2H3,(H,24,27). The summed E-state index contributed by atoms with van der Waals surface area (Å²) in [6.07, 6.45) is 0. The maximum absolute atomic E-state index is 12.9. The number of likely N-dealkylation sites (N-methyl/N-ethyl adjacent to an activating group) is 1. The maximum Gasteiger partial charge on any atom is 0.261 e. The quantitative estimate of drug-likeness (QED) is 0.650. The molecular weight excluding hydrogens is 423 g/mol. The van der Waals surface area contributed by atoms with Crippen molar-refractivity contribution < 1.29 is 14.3 Å². The number of halogens is 3. The Kier molecular flexibility index (Phi) is 8.42. The lowest BCUT2D eigenvalue weighted by Gasteiger charge is -2.28. The van der Waals surface area contributed by atoms with Crippen molar-refractivity contribution in [3.63, 3.8) is 0 Å². The zero-order valence-corrected chi connectivity index (χ0v) is 17.8. The fourth-order valence-electron chi connectivity index (χ4n) is 2.55. The minimum absolute atomic E-state index is 0.218. The molecule has 0 aliphatic rings. The number of hydrogen-bond donors (Lipinski definition) is 1. The normalized spacial score (nSPS) is 11.6. The molecule has 150 valence electrons. The van der Waals surface area contributed by atoms with Gasteiger partial charge in [0.2, 0.25) is 5.91 Å². The van der Waals surface area contributed by atoms with Gasteiger partial charge in [0.1, 0.15) is 11.8 Å². The number of carbonyl (C=O) groups is 2. The number of nitrogens with zero attached hydrogens (tertiary/aromatic N) is 1. The Bertz CT molecular complexity index is 845. The van der Waals surface area contributed by atoms with E-state index in [1.165, 1.54) is 11.0 Å². The molecule has 1 atom stereocenters. The van der Waals surface area contributed by atoms with Crippen molar-refractivity contribution in [1.29, 1.82) is 0 Å². The van der Waals surface area contributed by atoms with Crippen LogP contribution in [-0.2, 0) is 16.1 Å². The molecular formula is C20H21Cl3N2O3. The van der Waals surface area contributed by atoms with Gasteiger partial charge in [-0.3, -0.25) is 9.59 Å². The van der Waals surface area contributed by atoms with Crippen molar-refractivity contribution in [1.82, 2.24) is 10.2 Å². The Labute approximate surface area is 179 Å². The highest BCUT2D eigenvalue weighted by atomic mass is 35.5. The summed E-state index contributed by atoms with van der Waals surface area (Å²) >= 11 is 18.0. The Morgan fingerprint density at radius 2 is 1.82 bits per heavy atom. The highest BCUT2D eigenvalue weighted by molar-refractivity contribution is 6.35. The van der Waals surface area contributed by atoms with Gasteiger partial charge in [-0.1, -0.05) is 46.9 Å². The number of rotatable bonds is 8. The first-order valence-corrected chi connectivity index (χ1v) is 9.84. The van der Waals surface area contributed by atoms with Gasteiger partial charge in [-0.15, -0.1) is 0 Å². The van der Waals surface area contributed by atoms with E-state index in [1.807, 2.05) is 13.0 Å². The van der Waals surface area contributed by atoms with Crippen molar-refractivity contribution in [3.8, 4) is 5.75 Å². The third-order valence-corrected chi connectivity index (χ3v) is 4.77. The molecule has 0 fully saturated rings. The molecule has 8 heteroatoms. The summed E-state index contributed by atoms with van der Waals surface area (Å²) in [7, 11) is 0. The zero-order chi connectivity index (χ0) is 20.7. The highest BCUT2D eigenvalue weighted by Gasteiger charge is 2.26. The minimum atomic E-state index is -0.685. The smallest absolute Gasteiger partial charge is 0.261 e. The summed E-state index contributed by atoms with van der Waals surface area (Å²) in [5.41, 5.74) is 0.807. The third kappa shape index (κ3) is 6.30. The van der Waals surface area contributed by atoms with Gasteiger partial charge in [0, 0.05) is 23.1 Å². The summed E-state index contributed by atoms with van der Waals surface area (Å²) < 4.78 is 5.55. The van der Waals surface area contributed by atoms with E-state index in [0.717, 1.165) is 5.56 Å². The molecule has 2 aromatic carbocycles. The molecule has 2 amide bonds. The van der Waals surface area contributed by atoms with E-state index in [1.54, 1.807) is 37.3 Å². The van der Waals surface area contributed by atoms with Gasteiger partial charge in [0.05, 0.1) is 5.02 Å². The lowest BCUT2D eigenvalue weighted by Crippen LogP contribution is -2.49. The van der Waals surface area contributed by atoms with Crippen LogP contribution in [0.15, 0.2) is 42.5 Å². The first kappa shape index (κ1) is 22.3. The molecule has 0 aromatic heterocycles. The summed E-state index contributed by atoms with van der Waals surface area (Å²) in [5, 5.41) is 4.06. The Morgan fingerprint density at radius 3 is 2.46 bits per heavy atom. The van der Waals surface area contributed by atoms with Crippen LogP contribution in [-0.4, -0.2) is 35.9 Å². The van der Waals surface area contributed by atoms with Gasteiger partial charge in [-0.2, -0.15) is 0 Å². The van der Waals surface area contributed by atoms with Gasteiger partial charge >= 0.3 is 0 Å². The van der Waals surface area contributed by atoms with Gasteiger partial charge < -0.3 is 15.0 Å². The molecule has 5 nitrogen and oxygen atoms in total. The van der Waals surface area contributed by atoms with Crippen LogP contribution in [0.25, 0.3) is 0 Å². The summed E-state index contributed by atoms with van der Waals surface area (Å²) in [5.74, 6) is -0.264. The average Bonchev–Trinajstić information content (AvgIpc) is 2.65. The van der Waals surface area contributed by atoms with Crippen molar-refractivity contribution >= 4 is 46.6 Å². The second kappa shape index (κ2) is 10.6. The Hall–Kier alpha value is -1.95. The molecule has 2 rings (SSSR count). The van der Waals surface area contributed by atoms with E-state index in [9.17, 15) is 9.59 Å². The SMILES string of the molecule is CCNC(=O)C(C)N(Cc1cccc(Cl)c1)C(=O)COc1ccc(Cl)cc1Cl. The second-order valence-electron chi connectivity index (χ2n) is 6.09. The Morgan fingerprint density at radius 1 is 1.11 bits per heavy atom. The van der Waals surface area contributed by atoms with Crippen LogP contribution in [0.2, 0.25) is 15.1 Å². The van der Waals surface area contributed by atoms with Crippen LogP contribution >= 0.6 is 34.8 Å². The molecule has 0 bridgehead atoms. The number of amides is 2. The van der Waals surface area contributed by atoms with E-state index < -0.39 is 6.04 Å². The monoisotopic (exact) mass is 442 g/mol. The molecule has 0 saturated carbocycles. The number of nitrogens with one attached hydrogen (secondary N) is 1. The highest BCUT2D eigenvalue weighted by Crippen LogP contribution is 2.27. The van der Waals surface area contributed by atoms with Crippen molar-refractivity contribution in [3.05, 3.63) is 63.1 Å². The fourth-order valence-corrected chi connectivity index (χ4v) is 3.23. The van der Waals surface area contributed by atoms with Crippen LogP contribution < -0.4 is 10.1 Å². The molecule has 2 aromatic rings. The third-order valence-electron chi connectivity index (χ3n) is 4.01.